The Hall–Kier alpha value is -2.21. The summed E-state index contributed by atoms with van der Waals surface area (Å²) in [6.45, 7) is 0. The van der Waals surface area contributed by atoms with Crippen LogP contribution in [-0.2, 0) is 23.9 Å². The molecule has 92 valence electrons. The van der Waals surface area contributed by atoms with E-state index >= 15 is 0 Å². The SMILES string of the molecule is O=CC(=O)OS(=O)(=O)c1cccc2ccccc12. The van der Waals surface area contributed by atoms with Gasteiger partial charge in [-0.15, -0.1) is 0 Å². The molecule has 0 aliphatic carbocycles. The Labute approximate surface area is 103 Å². The van der Waals surface area contributed by atoms with Gasteiger partial charge in [0.25, 0.3) is 0 Å². The summed E-state index contributed by atoms with van der Waals surface area (Å²) in [6.07, 6.45) is -0.192. The van der Waals surface area contributed by atoms with E-state index in [-0.39, 0.29) is 11.2 Å². The molecule has 0 saturated carbocycles. The molecule has 0 unspecified atom stereocenters. The summed E-state index contributed by atoms with van der Waals surface area (Å²) in [5.74, 6) is -1.44. The van der Waals surface area contributed by atoms with Gasteiger partial charge in [0.2, 0.25) is 6.29 Å². The molecule has 0 amide bonds. The summed E-state index contributed by atoms with van der Waals surface area (Å²) in [7, 11) is -4.28. The highest BCUT2D eigenvalue weighted by Gasteiger charge is 2.21. The van der Waals surface area contributed by atoms with Crippen molar-refractivity contribution in [1.29, 1.82) is 0 Å². The molecule has 0 spiro atoms. The van der Waals surface area contributed by atoms with Gasteiger partial charge in [-0.2, -0.15) is 8.42 Å². The van der Waals surface area contributed by atoms with Gasteiger partial charge in [-0.3, -0.25) is 4.79 Å². The maximum atomic E-state index is 11.8. The molecule has 5 nitrogen and oxygen atoms in total. The van der Waals surface area contributed by atoms with Gasteiger partial charge in [-0.05, 0) is 11.5 Å². The third-order valence-corrected chi connectivity index (χ3v) is 3.59. The minimum absolute atomic E-state index is 0.143. The van der Waals surface area contributed by atoms with Gasteiger partial charge in [-0.25, -0.2) is 4.79 Å². The molecule has 0 N–H and O–H groups in total. The van der Waals surface area contributed by atoms with E-state index in [9.17, 15) is 18.0 Å². The van der Waals surface area contributed by atoms with Gasteiger partial charge in [-0.1, -0.05) is 36.4 Å². The van der Waals surface area contributed by atoms with Crippen LogP contribution in [0.5, 0.6) is 0 Å². The smallest absolute Gasteiger partial charge is 0.335 e. The maximum absolute atomic E-state index is 11.8. The largest absolute Gasteiger partial charge is 0.387 e. The van der Waals surface area contributed by atoms with Crippen LogP contribution in [0.3, 0.4) is 0 Å². The van der Waals surface area contributed by atoms with E-state index in [1.165, 1.54) is 12.1 Å². The molecular weight excluding hydrogens is 256 g/mol. The van der Waals surface area contributed by atoms with E-state index in [2.05, 4.69) is 4.18 Å². The van der Waals surface area contributed by atoms with Crippen molar-refractivity contribution in [2.75, 3.05) is 0 Å². The molecule has 2 rings (SSSR count). The zero-order valence-corrected chi connectivity index (χ0v) is 9.88. The highest BCUT2D eigenvalue weighted by atomic mass is 32.2. The lowest BCUT2D eigenvalue weighted by molar-refractivity contribution is -0.140. The topological polar surface area (TPSA) is 77.5 Å². The molecule has 18 heavy (non-hydrogen) atoms. The fourth-order valence-electron chi connectivity index (χ4n) is 1.59. The van der Waals surface area contributed by atoms with Crippen molar-refractivity contribution < 1.29 is 22.2 Å². The molecule has 2 aromatic carbocycles. The molecule has 0 bridgehead atoms. The fraction of sp³-hybridized carbons (Fsp3) is 0. The molecule has 0 atom stereocenters. The first-order chi connectivity index (χ1) is 8.54. The summed E-state index contributed by atoms with van der Waals surface area (Å²) in [6, 6.07) is 11.3. The van der Waals surface area contributed by atoms with Crippen molar-refractivity contribution in [1.82, 2.24) is 0 Å². The highest BCUT2D eigenvalue weighted by Crippen LogP contribution is 2.24. The molecule has 0 radical (unpaired) electrons. The normalized spacial score (nSPS) is 11.1. The quantitative estimate of drug-likeness (QED) is 0.474. The second kappa shape index (κ2) is 4.58. The van der Waals surface area contributed by atoms with Crippen molar-refractivity contribution >= 4 is 33.1 Å². The molecule has 0 aliphatic rings. The number of carbonyl (C=O) groups excluding carboxylic acids is 2. The van der Waals surface area contributed by atoms with Gasteiger partial charge in [0.1, 0.15) is 4.90 Å². The van der Waals surface area contributed by atoms with Crippen LogP contribution >= 0.6 is 0 Å². The Morgan fingerprint density at radius 2 is 1.72 bits per heavy atom. The van der Waals surface area contributed by atoms with Crippen molar-refractivity contribution in [3.8, 4) is 0 Å². The monoisotopic (exact) mass is 264 g/mol. The first-order valence-corrected chi connectivity index (χ1v) is 6.37. The van der Waals surface area contributed by atoms with Crippen LogP contribution in [0.4, 0.5) is 0 Å². The first-order valence-electron chi connectivity index (χ1n) is 4.96. The lowest BCUT2D eigenvalue weighted by Crippen LogP contribution is -2.14. The standard InChI is InChI=1S/C12H8O5S/c13-8-12(14)17-18(15,16)11-7-3-5-9-4-1-2-6-10(9)11/h1-8H. The summed E-state index contributed by atoms with van der Waals surface area (Å²) in [5.41, 5.74) is 0. The summed E-state index contributed by atoms with van der Waals surface area (Å²) >= 11 is 0. The van der Waals surface area contributed by atoms with Gasteiger partial charge >= 0.3 is 16.1 Å². The average molecular weight is 264 g/mol. The molecule has 2 aromatic rings. The summed E-state index contributed by atoms with van der Waals surface area (Å²) < 4.78 is 27.8. The summed E-state index contributed by atoms with van der Waals surface area (Å²) in [5, 5.41) is 1.12. The van der Waals surface area contributed by atoms with Crippen LogP contribution in [0.1, 0.15) is 0 Å². The zero-order chi connectivity index (χ0) is 13.2. The second-order valence-corrected chi connectivity index (χ2v) is 4.97. The zero-order valence-electron chi connectivity index (χ0n) is 9.07. The van der Waals surface area contributed by atoms with E-state index in [4.69, 9.17) is 0 Å². The van der Waals surface area contributed by atoms with Crippen LogP contribution in [0.15, 0.2) is 47.4 Å². The molecule has 0 heterocycles. The van der Waals surface area contributed by atoms with Crippen molar-refractivity contribution in [2.45, 2.75) is 4.90 Å². The van der Waals surface area contributed by atoms with Crippen LogP contribution in [0, 0.1) is 0 Å². The van der Waals surface area contributed by atoms with Crippen molar-refractivity contribution in [3.05, 3.63) is 42.5 Å². The molecule has 0 aliphatic heterocycles. The number of benzene rings is 2. The Morgan fingerprint density at radius 3 is 2.44 bits per heavy atom. The lowest BCUT2D eigenvalue weighted by atomic mass is 10.1. The Bertz CT molecular complexity index is 713. The number of fused-ring (bicyclic) bond motifs is 1. The number of rotatable bonds is 3. The Kier molecular flexibility index (Phi) is 3.12. The maximum Gasteiger partial charge on any atom is 0.387 e. The molecule has 0 saturated heterocycles. The van der Waals surface area contributed by atoms with Crippen LogP contribution in [0.25, 0.3) is 10.8 Å². The predicted molar refractivity (Wildman–Crippen MR) is 63.3 cm³/mol. The number of hydrogen-bond donors (Lipinski definition) is 0. The van der Waals surface area contributed by atoms with Crippen molar-refractivity contribution in [3.63, 3.8) is 0 Å². The number of hydrogen-bond acceptors (Lipinski definition) is 5. The number of carbonyl (C=O) groups is 2. The molecule has 0 aromatic heterocycles. The second-order valence-electron chi connectivity index (χ2n) is 3.45. The lowest BCUT2D eigenvalue weighted by Gasteiger charge is -2.06. The van der Waals surface area contributed by atoms with E-state index in [0.717, 1.165) is 0 Å². The van der Waals surface area contributed by atoms with Crippen LogP contribution < -0.4 is 0 Å². The van der Waals surface area contributed by atoms with E-state index < -0.39 is 16.1 Å². The molecular formula is C12H8O5S. The van der Waals surface area contributed by atoms with Crippen LogP contribution in [-0.4, -0.2) is 20.7 Å². The van der Waals surface area contributed by atoms with Gasteiger partial charge in [0.15, 0.2) is 0 Å². The minimum atomic E-state index is -4.28. The highest BCUT2D eigenvalue weighted by molar-refractivity contribution is 7.87. The average Bonchev–Trinajstić information content (AvgIpc) is 2.37. The number of aldehydes is 1. The Balaban J connectivity index is 2.61. The Morgan fingerprint density at radius 1 is 1.06 bits per heavy atom. The minimum Gasteiger partial charge on any atom is -0.335 e. The van der Waals surface area contributed by atoms with E-state index in [1.54, 1.807) is 30.3 Å². The molecule has 6 heteroatoms. The third kappa shape index (κ3) is 2.23. The van der Waals surface area contributed by atoms with Crippen LogP contribution in [0.2, 0.25) is 0 Å². The predicted octanol–water partition coefficient (Wildman–Crippen LogP) is 1.27. The fourth-order valence-corrected chi connectivity index (χ4v) is 2.63. The summed E-state index contributed by atoms with van der Waals surface area (Å²) in [4.78, 5) is 20.8. The van der Waals surface area contributed by atoms with Gasteiger partial charge < -0.3 is 4.18 Å². The van der Waals surface area contributed by atoms with Crippen molar-refractivity contribution in [2.24, 2.45) is 0 Å². The van der Waals surface area contributed by atoms with Gasteiger partial charge in [0.05, 0.1) is 0 Å². The van der Waals surface area contributed by atoms with E-state index in [1.807, 2.05) is 0 Å². The third-order valence-electron chi connectivity index (χ3n) is 2.31. The van der Waals surface area contributed by atoms with Gasteiger partial charge in [0, 0.05) is 5.39 Å². The molecule has 0 fully saturated rings. The first kappa shape index (κ1) is 12.3. The van der Waals surface area contributed by atoms with E-state index in [0.29, 0.717) is 10.8 Å².